The van der Waals surface area contributed by atoms with Gasteiger partial charge >= 0.3 is 5.97 Å². The Hall–Kier alpha value is -2.96. The van der Waals surface area contributed by atoms with Crippen LogP contribution in [0.5, 0.6) is 11.5 Å². The van der Waals surface area contributed by atoms with Crippen molar-refractivity contribution in [3.63, 3.8) is 0 Å². The number of ether oxygens (including phenoxy) is 2. The van der Waals surface area contributed by atoms with Gasteiger partial charge in [-0.05, 0) is 29.8 Å². The second-order valence-electron chi connectivity index (χ2n) is 4.30. The molecule has 0 fully saturated rings. The fourth-order valence-corrected chi connectivity index (χ4v) is 1.77. The van der Waals surface area contributed by atoms with Crippen LogP contribution >= 0.6 is 0 Å². The Morgan fingerprint density at radius 1 is 1.23 bits per heavy atom. The highest BCUT2D eigenvalue weighted by Gasteiger charge is 2.11. The Morgan fingerprint density at radius 2 is 2.00 bits per heavy atom. The van der Waals surface area contributed by atoms with E-state index in [0.717, 1.165) is 5.56 Å². The molecule has 0 spiro atoms. The minimum atomic E-state index is -0.708. The van der Waals surface area contributed by atoms with Crippen LogP contribution in [0.3, 0.4) is 0 Å². The highest BCUT2D eigenvalue weighted by molar-refractivity contribution is 5.88. The number of hydrogen-bond acceptors (Lipinski definition) is 6. The molecule has 0 aliphatic rings. The number of nitrogens with two attached hydrogens (primary N) is 1. The van der Waals surface area contributed by atoms with E-state index < -0.39 is 5.97 Å². The molecule has 2 N–H and O–H groups in total. The van der Waals surface area contributed by atoms with Crippen molar-refractivity contribution in [1.29, 1.82) is 0 Å². The molecule has 7 heteroatoms. The average Bonchev–Trinajstić information content (AvgIpc) is 3.07. The molecule has 2 rings (SSSR count). The zero-order valence-electron chi connectivity index (χ0n) is 12.2. The number of furan rings is 1. The molecule has 2 aromatic rings. The number of benzene rings is 1. The predicted molar refractivity (Wildman–Crippen MR) is 79.0 cm³/mol. The fourth-order valence-electron chi connectivity index (χ4n) is 1.77. The van der Waals surface area contributed by atoms with Gasteiger partial charge < -0.3 is 24.5 Å². The van der Waals surface area contributed by atoms with Crippen molar-refractivity contribution in [2.24, 2.45) is 10.9 Å². The molecule has 0 bridgehead atoms. The molecule has 1 aromatic heterocycles. The fraction of sp³-hybridized carbons (Fsp3) is 0.200. The Labute approximate surface area is 127 Å². The van der Waals surface area contributed by atoms with Gasteiger partial charge in [0.05, 0.1) is 20.5 Å². The number of nitrogens with zero attached hydrogens (tertiary/aromatic N) is 1. The second kappa shape index (κ2) is 7.16. The van der Waals surface area contributed by atoms with Crippen molar-refractivity contribution in [2.45, 2.75) is 6.42 Å². The molecule has 7 nitrogen and oxygen atoms in total. The van der Waals surface area contributed by atoms with Crippen LogP contribution in [-0.4, -0.2) is 26.0 Å². The lowest BCUT2D eigenvalue weighted by Gasteiger charge is -2.09. The van der Waals surface area contributed by atoms with Crippen LogP contribution < -0.4 is 15.2 Å². The van der Waals surface area contributed by atoms with E-state index in [-0.39, 0.29) is 11.6 Å². The monoisotopic (exact) mass is 304 g/mol. The number of carbonyl (C=O) groups excluding carboxylic acids is 1. The number of oxime groups is 1. The molecule has 0 saturated heterocycles. The molecule has 0 aliphatic heterocycles. The van der Waals surface area contributed by atoms with Crippen LogP contribution in [0.25, 0.3) is 0 Å². The summed E-state index contributed by atoms with van der Waals surface area (Å²) in [6.45, 7) is 0. The number of carbonyl (C=O) groups is 1. The molecule has 116 valence electrons. The third-order valence-corrected chi connectivity index (χ3v) is 2.80. The van der Waals surface area contributed by atoms with Gasteiger partial charge in [-0.1, -0.05) is 11.2 Å². The maximum absolute atomic E-state index is 11.5. The molecule has 0 unspecified atom stereocenters. The van der Waals surface area contributed by atoms with Crippen LogP contribution in [0.15, 0.2) is 46.2 Å². The van der Waals surface area contributed by atoms with Crippen LogP contribution in [0, 0.1) is 0 Å². The van der Waals surface area contributed by atoms with Crippen molar-refractivity contribution in [2.75, 3.05) is 14.2 Å². The van der Waals surface area contributed by atoms with E-state index in [1.165, 1.54) is 12.3 Å². The van der Waals surface area contributed by atoms with Gasteiger partial charge in [-0.25, -0.2) is 4.79 Å². The molecule has 1 heterocycles. The van der Waals surface area contributed by atoms with Gasteiger partial charge in [0, 0.05) is 6.42 Å². The lowest BCUT2D eigenvalue weighted by atomic mass is 10.1. The number of hydrogen-bond donors (Lipinski definition) is 1. The predicted octanol–water partition coefficient (Wildman–Crippen LogP) is 1.97. The summed E-state index contributed by atoms with van der Waals surface area (Å²) in [4.78, 5) is 16.2. The number of amidine groups is 1. The topological polar surface area (TPSA) is 96.3 Å². The van der Waals surface area contributed by atoms with E-state index in [4.69, 9.17) is 24.5 Å². The quantitative estimate of drug-likeness (QED) is 0.379. The van der Waals surface area contributed by atoms with Gasteiger partial charge in [-0.15, -0.1) is 0 Å². The van der Waals surface area contributed by atoms with Crippen molar-refractivity contribution < 1.29 is 23.5 Å². The highest BCUT2D eigenvalue weighted by atomic mass is 16.7. The lowest BCUT2D eigenvalue weighted by Crippen LogP contribution is -2.16. The molecule has 0 radical (unpaired) electrons. The molecular formula is C15H16N2O5. The highest BCUT2D eigenvalue weighted by Crippen LogP contribution is 2.27. The summed E-state index contributed by atoms with van der Waals surface area (Å²) in [6, 6.07) is 8.40. The normalized spacial score (nSPS) is 11.1. The summed E-state index contributed by atoms with van der Waals surface area (Å²) in [5, 5.41) is 3.59. The summed E-state index contributed by atoms with van der Waals surface area (Å²) in [5.41, 5.74) is 6.58. The SMILES string of the molecule is COc1ccc(C/C(N)=N\OC(=O)c2ccco2)cc1OC. The van der Waals surface area contributed by atoms with Crippen LogP contribution in [0.1, 0.15) is 16.1 Å². The van der Waals surface area contributed by atoms with Gasteiger partial charge in [0.2, 0.25) is 5.76 Å². The standard InChI is InChI=1S/C15H16N2O5/c1-19-11-6-5-10(8-13(11)20-2)9-14(16)17-22-15(18)12-4-3-7-21-12/h3-8H,9H2,1-2H3,(H2,16,17). The average molecular weight is 304 g/mol. The van der Waals surface area contributed by atoms with Gasteiger partial charge in [0.1, 0.15) is 5.84 Å². The summed E-state index contributed by atoms with van der Waals surface area (Å²) < 4.78 is 15.2. The Kier molecular flexibility index (Phi) is 5.02. The molecule has 1 aromatic carbocycles. The van der Waals surface area contributed by atoms with Crippen molar-refractivity contribution >= 4 is 11.8 Å². The number of methoxy groups -OCH3 is 2. The van der Waals surface area contributed by atoms with Crippen molar-refractivity contribution in [3.05, 3.63) is 47.9 Å². The van der Waals surface area contributed by atoms with E-state index >= 15 is 0 Å². The Bertz CT molecular complexity index is 665. The van der Waals surface area contributed by atoms with Crippen molar-refractivity contribution in [1.82, 2.24) is 0 Å². The molecule has 0 amide bonds. The molecule has 22 heavy (non-hydrogen) atoms. The van der Waals surface area contributed by atoms with E-state index in [1.807, 2.05) is 6.07 Å². The van der Waals surface area contributed by atoms with E-state index in [9.17, 15) is 4.79 Å². The third kappa shape index (κ3) is 3.78. The first-order chi connectivity index (χ1) is 10.6. The minimum Gasteiger partial charge on any atom is -0.493 e. The Balaban J connectivity index is 2.00. The molecule has 0 saturated carbocycles. The van der Waals surface area contributed by atoms with Gasteiger partial charge in [0.15, 0.2) is 11.5 Å². The smallest absolute Gasteiger partial charge is 0.400 e. The first-order valence-corrected chi connectivity index (χ1v) is 6.42. The first-order valence-electron chi connectivity index (χ1n) is 6.42. The zero-order chi connectivity index (χ0) is 15.9. The van der Waals surface area contributed by atoms with Crippen LogP contribution in [0.4, 0.5) is 0 Å². The van der Waals surface area contributed by atoms with E-state index in [2.05, 4.69) is 5.16 Å². The van der Waals surface area contributed by atoms with Gasteiger partial charge in [0.25, 0.3) is 0 Å². The molecule has 0 atom stereocenters. The van der Waals surface area contributed by atoms with Gasteiger partial charge in [-0.3, -0.25) is 0 Å². The summed E-state index contributed by atoms with van der Waals surface area (Å²) >= 11 is 0. The summed E-state index contributed by atoms with van der Waals surface area (Å²) in [6.07, 6.45) is 1.67. The first kappa shape index (κ1) is 15.4. The van der Waals surface area contributed by atoms with E-state index in [1.54, 1.807) is 32.4 Å². The summed E-state index contributed by atoms with van der Waals surface area (Å²) in [5.74, 6) is 0.696. The van der Waals surface area contributed by atoms with Crippen LogP contribution in [-0.2, 0) is 11.3 Å². The maximum Gasteiger partial charge on any atom is 0.400 e. The zero-order valence-corrected chi connectivity index (χ0v) is 12.2. The van der Waals surface area contributed by atoms with Crippen molar-refractivity contribution in [3.8, 4) is 11.5 Å². The van der Waals surface area contributed by atoms with Crippen LogP contribution in [0.2, 0.25) is 0 Å². The third-order valence-electron chi connectivity index (χ3n) is 2.80. The van der Waals surface area contributed by atoms with E-state index in [0.29, 0.717) is 17.9 Å². The molecule has 0 aliphatic carbocycles. The largest absolute Gasteiger partial charge is 0.493 e. The maximum atomic E-state index is 11.5. The summed E-state index contributed by atoms with van der Waals surface area (Å²) in [7, 11) is 3.10. The minimum absolute atomic E-state index is 0.0580. The molecular weight excluding hydrogens is 288 g/mol. The van der Waals surface area contributed by atoms with Gasteiger partial charge in [-0.2, -0.15) is 0 Å². The lowest BCUT2D eigenvalue weighted by molar-refractivity contribution is 0.0478. The number of rotatable bonds is 6. The Morgan fingerprint density at radius 3 is 2.64 bits per heavy atom. The second-order valence-corrected chi connectivity index (χ2v) is 4.30.